The van der Waals surface area contributed by atoms with E-state index in [0.717, 1.165) is 16.7 Å². The Hall–Kier alpha value is -1.70. The fourth-order valence-corrected chi connectivity index (χ4v) is 2.42. The van der Waals surface area contributed by atoms with Gasteiger partial charge in [-0.05, 0) is 42.7 Å². The van der Waals surface area contributed by atoms with Crippen molar-refractivity contribution in [2.45, 2.75) is 25.3 Å². The van der Waals surface area contributed by atoms with Crippen LogP contribution in [0.5, 0.6) is 0 Å². The van der Waals surface area contributed by atoms with Crippen LogP contribution in [0, 0.1) is 13.8 Å². The molecule has 0 unspecified atom stereocenters. The number of rotatable bonds is 4. The molecular formula is C13H15ClN4O2S. The first kappa shape index (κ1) is 15.7. The maximum atomic E-state index is 11.2. The molecule has 0 aliphatic heterocycles. The quantitative estimate of drug-likeness (QED) is 0.895. The van der Waals surface area contributed by atoms with Crippen LogP contribution < -0.4 is 10.5 Å². The van der Waals surface area contributed by atoms with E-state index in [0.29, 0.717) is 17.5 Å². The number of aromatic nitrogens is 2. The van der Waals surface area contributed by atoms with Gasteiger partial charge in [0.2, 0.25) is 10.0 Å². The molecule has 0 radical (unpaired) electrons. The average Bonchev–Trinajstić information content (AvgIpc) is 2.43. The molecule has 0 saturated carbocycles. The smallest absolute Gasteiger partial charge is 0.238 e. The van der Waals surface area contributed by atoms with Gasteiger partial charge in [0.1, 0.15) is 0 Å². The topological polar surface area (TPSA) is 98.0 Å². The summed E-state index contributed by atoms with van der Waals surface area (Å²) in [5.74, 6) is 0.646. The van der Waals surface area contributed by atoms with E-state index in [1.54, 1.807) is 12.1 Å². The summed E-state index contributed by atoms with van der Waals surface area (Å²) in [4.78, 5) is 0.0876. The van der Waals surface area contributed by atoms with Crippen LogP contribution in [-0.2, 0) is 16.6 Å². The molecule has 1 aromatic carbocycles. The Bertz CT molecular complexity index is 760. The summed E-state index contributed by atoms with van der Waals surface area (Å²) in [5, 5.41) is 16.4. The molecule has 8 heteroatoms. The molecule has 0 spiro atoms. The Morgan fingerprint density at radius 1 is 1.14 bits per heavy atom. The molecule has 0 saturated heterocycles. The Morgan fingerprint density at radius 2 is 1.76 bits per heavy atom. The fourth-order valence-electron chi connectivity index (χ4n) is 1.73. The lowest BCUT2D eigenvalue weighted by Crippen LogP contribution is -2.12. The van der Waals surface area contributed by atoms with Crippen LogP contribution in [0.3, 0.4) is 0 Å². The Kier molecular flexibility index (Phi) is 4.46. The average molecular weight is 327 g/mol. The molecule has 1 aromatic heterocycles. The molecule has 3 N–H and O–H groups in total. The highest BCUT2D eigenvalue weighted by Gasteiger charge is 2.09. The zero-order valence-electron chi connectivity index (χ0n) is 11.6. The van der Waals surface area contributed by atoms with E-state index < -0.39 is 10.0 Å². The van der Waals surface area contributed by atoms with Crippen molar-refractivity contribution in [2.24, 2.45) is 5.14 Å². The van der Waals surface area contributed by atoms with Crippen molar-refractivity contribution < 1.29 is 8.42 Å². The van der Waals surface area contributed by atoms with Crippen LogP contribution >= 0.6 is 11.6 Å². The summed E-state index contributed by atoms with van der Waals surface area (Å²) in [5.41, 5.74) is 2.70. The number of benzene rings is 1. The molecule has 2 rings (SSSR count). The highest BCUT2D eigenvalue weighted by atomic mass is 35.5. The predicted octanol–water partition coefficient (Wildman–Crippen LogP) is 2.01. The maximum Gasteiger partial charge on any atom is 0.238 e. The largest absolute Gasteiger partial charge is 0.364 e. The summed E-state index contributed by atoms with van der Waals surface area (Å²) in [6, 6.07) is 6.33. The van der Waals surface area contributed by atoms with Crippen LogP contribution in [0.15, 0.2) is 29.2 Å². The third kappa shape index (κ3) is 3.69. The van der Waals surface area contributed by atoms with Gasteiger partial charge in [0, 0.05) is 6.54 Å². The molecule has 2 aromatic rings. The van der Waals surface area contributed by atoms with Gasteiger partial charge in [0.05, 0.1) is 4.90 Å². The van der Waals surface area contributed by atoms with Crippen molar-refractivity contribution in [1.29, 1.82) is 0 Å². The molecule has 0 fully saturated rings. The zero-order valence-corrected chi connectivity index (χ0v) is 13.2. The van der Waals surface area contributed by atoms with Crippen molar-refractivity contribution in [1.82, 2.24) is 10.2 Å². The van der Waals surface area contributed by atoms with Gasteiger partial charge in [-0.1, -0.05) is 23.7 Å². The van der Waals surface area contributed by atoms with Gasteiger partial charge < -0.3 is 5.32 Å². The first-order valence-corrected chi connectivity index (χ1v) is 8.06. The van der Waals surface area contributed by atoms with Crippen LogP contribution in [-0.4, -0.2) is 18.6 Å². The van der Waals surface area contributed by atoms with Crippen LogP contribution in [0.4, 0.5) is 5.82 Å². The van der Waals surface area contributed by atoms with Crippen molar-refractivity contribution >= 4 is 27.4 Å². The molecule has 0 atom stereocenters. The van der Waals surface area contributed by atoms with E-state index >= 15 is 0 Å². The van der Waals surface area contributed by atoms with Crippen molar-refractivity contribution in [3.63, 3.8) is 0 Å². The van der Waals surface area contributed by atoms with Gasteiger partial charge >= 0.3 is 0 Å². The number of nitrogens with zero attached hydrogens (tertiary/aromatic N) is 2. The zero-order chi connectivity index (χ0) is 15.6. The summed E-state index contributed by atoms with van der Waals surface area (Å²) in [6.07, 6.45) is 0. The second-order valence-electron chi connectivity index (χ2n) is 4.63. The lowest BCUT2D eigenvalue weighted by atomic mass is 10.2. The third-order valence-electron chi connectivity index (χ3n) is 3.18. The second kappa shape index (κ2) is 5.97. The molecule has 6 nitrogen and oxygen atoms in total. The standard InChI is InChI=1S/C13H15ClN4O2S/c1-8-9(2)13(18-17-12(8)14)16-7-10-3-5-11(6-4-10)21(15,19)20/h3-6H,7H2,1-2H3,(H,16,18)(H2,15,19,20). The van der Waals surface area contributed by atoms with Crippen LogP contribution in [0.25, 0.3) is 0 Å². The molecule has 0 aliphatic carbocycles. The predicted molar refractivity (Wildman–Crippen MR) is 81.7 cm³/mol. The molecule has 0 bridgehead atoms. The number of nitrogens with two attached hydrogens (primary N) is 1. The highest BCUT2D eigenvalue weighted by Crippen LogP contribution is 2.21. The van der Waals surface area contributed by atoms with Gasteiger partial charge in [0.15, 0.2) is 11.0 Å². The molecule has 112 valence electrons. The van der Waals surface area contributed by atoms with Crippen molar-refractivity contribution in [3.8, 4) is 0 Å². The minimum absolute atomic E-state index is 0.0876. The fraction of sp³-hybridized carbons (Fsp3) is 0.231. The number of hydrogen-bond donors (Lipinski definition) is 2. The number of hydrogen-bond acceptors (Lipinski definition) is 5. The number of sulfonamides is 1. The highest BCUT2D eigenvalue weighted by molar-refractivity contribution is 7.89. The number of halogens is 1. The first-order chi connectivity index (χ1) is 9.79. The monoisotopic (exact) mass is 326 g/mol. The first-order valence-electron chi connectivity index (χ1n) is 6.14. The van der Waals surface area contributed by atoms with E-state index in [1.807, 2.05) is 13.8 Å². The summed E-state index contributed by atoms with van der Waals surface area (Å²) >= 11 is 5.89. The number of primary sulfonamides is 1. The second-order valence-corrected chi connectivity index (χ2v) is 6.55. The van der Waals surface area contributed by atoms with Gasteiger partial charge in [-0.15, -0.1) is 10.2 Å². The number of nitrogens with one attached hydrogen (secondary N) is 1. The Labute approximate surface area is 128 Å². The van der Waals surface area contributed by atoms with E-state index in [4.69, 9.17) is 16.7 Å². The summed E-state index contributed by atoms with van der Waals surface area (Å²) in [7, 11) is -3.66. The minimum atomic E-state index is -3.66. The molecule has 0 amide bonds. The normalized spacial score (nSPS) is 11.4. The van der Waals surface area contributed by atoms with E-state index in [1.165, 1.54) is 12.1 Å². The van der Waals surface area contributed by atoms with Gasteiger partial charge in [-0.25, -0.2) is 13.6 Å². The SMILES string of the molecule is Cc1c(Cl)nnc(NCc2ccc(S(N)(=O)=O)cc2)c1C. The third-order valence-corrected chi connectivity index (χ3v) is 4.47. The van der Waals surface area contributed by atoms with Gasteiger partial charge in [-0.2, -0.15) is 0 Å². The van der Waals surface area contributed by atoms with Crippen molar-refractivity contribution in [3.05, 3.63) is 46.1 Å². The number of anilines is 1. The van der Waals surface area contributed by atoms with Gasteiger partial charge in [-0.3, -0.25) is 0 Å². The molecule has 1 heterocycles. The summed E-state index contributed by atoms with van der Waals surface area (Å²) < 4.78 is 22.3. The Morgan fingerprint density at radius 3 is 2.33 bits per heavy atom. The van der Waals surface area contributed by atoms with E-state index in [2.05, 4.69) is 15.5 Å². The Balaban J connectivity index is 2.12. The molecule has 0 aliphatic rings. The maximum absolute atomic E-state index is 11.2. The van der Waals surface area contributed by atoms with E-state index in [-0.39, 0.29) is 4.90 Å². The molecule has 21 heavy (non-hydrogen) atoms. The van der Waals surface area contributed by atoms with Gasteiger partial charge in [0.25, 0.3) is 0 Å². The van der Waals surface area contributed by atoms with E-state index in [9.17, 15) is 8.42 Å². The minimum Gasteiger partial charge on any atom is -0.364 e. The lowest BCUT2D eigenvalue weighted by Gasteiger charge is -2.10. The molecular weight excluding hydrogens is 312 g/mol. The lowest BCUT2D eigenvalue weighted by molar-refractivity contribution is 0.598. The van der Waals surface area contributed by atoms with Crippen LogP contribution in [0.2, 0.25) is 5.15 Å². The van der Waals surface area contributed by atoms with Crippen molar-refractivity contribution in [2.75, 3.05) is 5.32 Å². The summed E-state index contributed by atoms with van der Waals surface area (Å²) in [6.45, 7) is 4.27. The van der Waals surface area contributed by atoms with Crippen LogP contribution in [0.1, 0.15) is 16.7 Å².